The standard InChI is InChI=1S/2C5H10O5/c2*1-2-3-4-8-10-9-5(6)7/h2*2-4H2,1H3,(H,6,7). The molecule has 0 atom stereocenters. The van der Waals surface area contributed by atoms with Crippen LogP contribution in [0.1, 0.15) is 39.5 Å². The summed E-state index contributed by atoms with van der Waals surface area (Å²) >= 11 is 0. The van der Waals surface area contributed by atoms with E-state index in [1.807, 2.05) is 13.8 Å². The molecule has 0 aromatic carbocycles. The van der Waals surface area contributed by atoms with Crippen molar-refractivity contribution in [1.29, 1.82) is 0 Å². The molecule has 0 bridgehead atoms. The minimum atomic E-state index is -1.52. The Kier molecular flexibility index (Phi) is 18.0. The summed E-state index contributed by atoms with van der Waals surface area (Å²) in [6.45, 7) is 4.62. The van der Waals surface area contributed by atoms with Crippen LogP contribution in [0.25, 0.3) is 0 Å². The first-order chi connectivity index (χ1) is 9.54. The molecule has 0 unspecified atom stereocenters. The van der Waals surface area contributed by atoms with Crippen molar-refractivity contribution in [2.24, 2.45) is 0 Å². The average molecular weight is 300 g/mol. The highest BCUT2D eigenvalue weighted by Crippen LogP contribution is 1.90. The molecule has 0 aromatic rings. The number of hydrogen-bond acceptors (Lipinski definition) is 8. The van der Waals surface area contributed by atoms with Crippen LogP contribution in [0.2, 0.25) is 0 Å². The van der Waals surface area contributed by atoms with Crippen LogP contribution in [0, 0.1) is 0 Å². The Bertz CT molecular complexity index is 208. The molecule has 0 saturated heterocycles. The Hall–Kier alpha value is -1.62. The van der Waals surface area contributed by atoms with Crippen molar-refractivity contribution in [2.75, 3.05) is 13.2 Å². The molecule has 0 amide bonds. The van der Waals surface area contributed by atoms with Gasteiger partial charge in [-0.1, -0.05) is 26.7 Å². The van der Waals surface area contributed by atoms with Gasteiger partial charge in [-0.2, -0.15) is 9.78 Å². The maximum atomic E-state index is 9.60. The van der Waals surface area contributed by atoms with Gasteiger partial charge < -0.3 is 10.2 Å². The van der Waals surface area contributed by atoms with Gasteiger partial charge in [-0.3, -0.25) is 0 Å². The fraction of sp³-hybridized carbons (Fsp3) is 0.800. The first-order valence-electron chi connectivity index (χ1n) is 5.92. The zero-order chi connectivity index (χ0) is 15.6. The first kappa shape index (κ1) is 20.7. The van der Waals surface area contributed by atoms with Crippen LogP contribution in [0.15, 0.2) is 0 Å². The van der Waals surface area contributed by atoms with E-state index >= 15 is 0 Å². The highest BCUT2D eigenvalue weighted by molar-refractivity contribution is 5.55. The van der Waals surface area contributed by atoms with E-state index in [9.17, 15) is 9.59 Å². The molecule has 0 fully saturated rings. The van der Waals surface area contributed by atoms with Crippen molar-refractivity contribution >= 4 is 12.3 Å². The van der Waals surface area contributed by atoms with E-state index < -0.39 is 12.3 Å². The van der Waals surface area contributed by atoms with Gasteiger partial charge in [0.1, 0.15) is 0 Å². The summed E-state index contributed by atoms with van der Waals surface area (Å²) in [5.41, 5.74) is 0. The Morgan fingerprint density at radius 1 is 0.800 bits per heavy atom. The monoisotopic (exact) mass is 300 g/mol. The van der Waals surface area contributed by atoms with Crippen molar-refractivity contribution in [3.63, 3.8) is 0 Å². The van der Waals surface area contributed by atoms with E-state index in [2.05, 4.69) is 29.6 Å². The molecule has 10 heteroatoms. The van der Waals surface area contributed by atoms with Gasteiger partial charge in [0.2, 0.25) is 0 Å². The highest BCUT2D eigenvalue weighted by atomic mass is 17.5. The van der Waals surface area contributed by atoms with E-state index in [0.717, 1.165) is 25.7 Å². The molecule has 0 aliphatic heterocycles. The first-order valence-corrected chi connectivity index (χ1v) is 5.92. The van der Waals surface area contributed by atoms with E-state index in [1.165, 1.54) is 0 Å². The summed E-state index contributed by atoms with van der Waals surface area (Å²) in [5, 5.41) is 23.3. The minimum Gasteiger partial charge on any atom is -0.448 e. The molecule has 0 rings (SSSR count). The molecule has 10 nitrogen and oxygen atoms in total. The molecule has 0 aliphatic rings. The zero-order valence-corrected chi connectivity index (χ0v) is 11.4. The van der Waals surface area contributed by atoms with E-state index in [4.69, 9.17) is 10.2 Å². The second-order valence-corrected chi connectivity index (χ2v) is 3.19. The third kappa shape index (κ3) is 25.3. The van der Waals surface area contributed by atoms with E-state index in [-0.39, 0.29) is 0 Å². The summed E-state index contributed by atoms with van der Waals surface area (Å²) in [5.74, 6) is 0. The van der Waals surface area contributed by atoms with E-state index in [0.29, 0.717) is 13.2 Å². The van der Waals surface area contributed by atoms with Crippen molar-refractivity contribution in [1.82, 2.24) is 0 Å². The van der Waals surface area contributed by atoms with Crippen LogP contribution in [0.4, 0.5) is 9.59 Å². The third-order valence-corrected chi connectivity index (χ3v) is 1.47. The predicted octanol–water partition coefficient (Wildman–Crippen LogP) is 2.69. The van der Waals surface area contributed by atoms with Gasteiger partial charge in [0.15, 0.2) is 0 Å². The van der Waals surface area contributed by atoms with Gasteiger partial charge in [-0.15, -0.1) is 0 Å². The van der Waals surface area contributed by atoms with Crippen LogP contribution in [-0.4, -0.2) is 35.7 Å². The maximum absolute atomic E-state index is 9.60. The van der Waals surface area contributed by atoms with E-state index in [1.54, 1.807) is 0 Å². The van der Waals surface area contributed by atoms with Crippen LogP contribution in [0.5, 0.6) is 0 Å². The Balaban J connectivity index is 0. The van der Waals surface area contributed by atoms with Crippen LogP contribution in [0.3, 0.4) is 0 Å². The molecular formula is C10H20O10. The number of rotatable bonds is 10. The van der Waals surface area contributed by atoms with Crippen molar-refractivity contribution < 1.29 is 49.4 Å². The molecule has 0 saturated carbocycles. The number of carbonyl (C=O) groups is 2. The molecule has 0 aromatic heterocycles. The molecule has 0 heterocycles. The van der Waals surface area contributed by atoms with Gasteiger partial charge in [-0.05, 0) is 22.9 Å². The Morgan fingerprint density at radius 3 is 1.40 bits per heavy atom. The fourth-order valence-corrected chi connectivity index (χ4v) is 0.581. The quantitative estimate of drug-likeness (QED) is 0.352. The predicted molar refractivity (Wildman–Crippen MR) is 62.1 cm³/mol. The second-order valence-electron chi connectivity index (χ2n) is 3.19. The summed E-state index contributed by atoms with van der Waals surface area (Å²) < 4.78 is 0. The lowest BCUT2D eigenvalue weighted by Crippen LogP contribution is -2.03. The molecule has 0 aliphatic carbocycles. The zero-order valence-electron chi connectivity index (χ0n) is 11.4. The number of unbranched alkanes of at least 4 members (excludes halogenated alkanes) is 2. The van der Waals surface area contributed by atoms with Gasteiger partial charge in [0.05, 0.1) is 13.2 Å². The summed E-state index contributed by atoms with van der Waals surface area (Å²) in [6.07, 6.45) is 0.492. The normalized spacial score (nSPS) is 9.30. The lowest BCUT2D eigenvalue weighted by atomic mass is 10.4. The molecule has 0 radical (unpaired) electrons. The lowest BCUT2D eigenvalue weighted by Gasteiger charge is -1.96. The van der Waals surface area contributed by atoms with Crippen LogP contribution in [-0.2, 0) is 29.6 Å². The molecular weight excluding hydrogens is 280 g/mol. The lowest BCUT2D eigenvalue weighted by molar-refractivity contribution is -0.485. The number of carboxylic acid groups (broad SMARTS) is 2. The summed E-state index contributed by atoms with van der Waals surface area (Å²) in [7, 11) is 0. The van der Waals surface area contributed by atoms with Gasteiger partial charge >= 0.3 is 12.3 Å². The summed E-state index contributed by atoms with van der Waals surface area (Å²) in [6, 6.07) is 0. The SMILES string of the molecule is CCCCOOOC(=O)O.CCCCOOOC(=O)O. The van der Waals surface area contributed by atoms with Crippen LogP contribution >= 0.6 is 0 Å². The fourth-order valence-electron chi connectivity index (χ4n) is 0.581. The topological polar surface area (TPSA) is 130 Å². The minimum absolute atomic E-state index is 0.337. The summed E-state index contributed by atoms with van der Waals surface area (Å²) in [4.78, 5) is 34.9. The van der Waals surface area contributed by atoms with Crippen molar-refractivity contribution in [2.45, 2.75) is 39.5 Å². The highest BCUT2D eigenvalue weighted by Gasteiger charge is 1.96. The third-order valence-electron chi connectivity index (χ3n) is 1.47. The Morgan fingerprint density at radius 2 is 1.15 bits per heavy atom. The molecule has 2 N–H and O–H groups in total. The maximum Gasteiger partial charge on any atom is 0.540 e. The van der Waals surface area contributed by atoms with Crippen molar-refractivity contribution in [3.8, 4) is 0 Å². The molecule has 120 valence electrons. The second kappa shape index (κ2) is 17.4. The Labute approximate surface area is 115 Å². The number of hydrogen-bond donors (Lipinski definition) is 2. The van der Waals surface area contributed by atoms with Gasteiger partial charge in [-0.25, -0.2) is 19.4 Å². The van der Waals surface area contributed by atoms with Crippen molar-refractivity contribution in [3.05, 3.63) is 0 Å². The van der Waals surface area contributed by atoms with Gasteiger partial charge in [0, 0.05) is 0 Å². The largest absolute Gasteiger partial charge is 0.540 e. The molecule has 20 heavy (non-hydrogen) atoms. The molecule has 0 spiro atoms. The van der Waals surface area contributed by atoms with Crippen LogP contribution < -0.4 is 0 Å². The average Bonchev–Trinajstić information content (AvgIpc) is 2.38. The van der Waals surface area contributed by atoms with Gasteiger partial charge in [0.25, 0.3) is 0 Å². The smallest absolute Gasteiger partial charge is 0.448 e.